The van der Waals surface area contributed by atoms with Gasteiger partial charge in [-0.3, -0.25) is 0 Å². The summed E-state index contributed by atoms with van der Waals surface area (Å²) in [6.07, 6.45) is 0.569. The molecule has 0 aliphatic carbocycles. The average Bonchev–Trinajstić information content (AvgIpc) is 2.19. The van der Waals surface area contributed by atoms with Crippen molar-refractivity contribution in [3.63, 3.8) is 0 Å². The van der Waals surface area contributed by atoms with Crippen LogP contribution in [0.1, 0.15) is 34.1 Å². The molecule has 0 amide bonds. The molecule has 3 heteroatoms. The molecule has 0 rings (SSSR count). The van der Waals surface area contributed by atoms with Gasteiger partial charge in [0, 0.05) is 26.1 Å². The maximum atomic E-state index is 8.04. The Bertz CT molecular complexity index is 76.3. The lowest BCUT2D eigenvalue weighted by Crippen LogP contribution is -2.22. The Morgan fingerprint density at radius 2 is 1.67 bits per heavy atom. The van der Waals surface area contributed by atoms with Crippen molar-refractivity contribution in [2.75, 3.05) is 19.6 Å². The Hall–Kier alpha value is -0.590. The molecule has 0 aromatic heterocycles. The third-order valence-electron chi connectivity index (χ3n) is 0.735. The van der Waals surface area contributed by atoms with E-state index in [-0.39, 0.29) is 0 Å². The van der Waals surface area contributed by atoms with Gasteiger partial charge in [0.1, 0.15) is 0 Å². The summed E-state index contributed by atoms with van der Waals surface area (Å²) in [4.78, 5) is 0. The van der Waals surface area contributed by atoms with Crippen molar-refractivity contribution in [2.45, 2.75) is 34.1 Å². The molecule has 0 saturated heterocycles. The van der Waals surface area contributed by atoms with E-state index in [0.29, 0.717) is 13.0 Å². The molecule has 0 heterocycles. The monoisotopic (exact) mass is 173 g/mol. The molecular weight excluding hydrogens is 150 g/mol. The van der Waals surface area contributed by atoms with Crippen LogP contribution in [0.3, 0.4) is 0 Å². The van der Waals surface area contributed by atoms with Crippen LogP contribution in [0, 0.1) is 11.3 Å². The van der Waals surface area contributed by atoms with Crippen molar-refractivity contribution >= 4 is 0 Å². The van der Waals surface area contributed by atoms with Crippen molar-refractivity contribution in [1.29, 1.82) is 5.26 Å². The lowest BCUT2D eigenvalue weighted by atomic mass is 10.4. The summed E-state index contributed by atoms with van der Waals surface area (Å²) in [5.74, 6) is 0. The van der Waals surface area contributed by atoms with Gasteiger partial charge in [-0.05, 0) is 0 Å². The van der Waals surface area contributed by atoms with Crippen LogP contribution in [0.5, 0.6) is 0 Å². The van der Waals surface area contributed by atoms with E-state index in [2.05, 4.69) is 5.32 Å². The van der Waals surface area contributed by atoms with Gasteiger partial charge < -0.3 is 11.1 Å². The fourth-order valence-electron chi connectivity index (χ4n) is 0.371. The van der Waals surface area contributed by atoms with E-state index < -0.39 is 0 Å². The Labute approximate surface area is 77.0 Å². The van der Waals surface area contributed by atoms with Gasteiger partial charge in [-0.2, -0.15) is 5.26 Å². The van der Waals surface area contributed by atoms with Crippen molar-refractivity contribution in [3.05, 3.63) is 0 Å². The molecule has 74 valence electrons. The zero-order valence-corrected chi connectivity index (χ0v) is 8.85. The largest absolute Gasteiger partial charge is 0.329 e. The number of nitrogens with two attached hydrogens (primary N) is 1. The zero-order chi connectivity index (χ0) is 10.2. The summed E-state index contributed by atoms with van der Waals surface area (Å²) in [7, 11) is 0. The summed E-state index contributed by atoms with van der Waals surface area (Å²) in [5.41, 5.74) is 5.17. The second-order valence-corrected chi connectivity index (χ2v) is 1.45. The molecule has 0 radical (unpaired) electrons. The summed E-state index contributed by atoms with van der Waals surface area (Å²) < 4.78 is 0. The van der Waals surface area contributed by atoms with Crippen LogP contribution in [0.4, 0.5) is 0 Å². The first-order valence-electron chi connectivity index (χ1n) is 4.69. The predicted octanol–water partition coefficient (Wildman–Crippen LogP) is 1.50. The van der Waals surface area contributed by atoms with Crippen LogP contribution >= 0.6 is 0 Å². The van der Waals surface area contributed by atoms with Crippen molar-refractivity contribution in [1.82, 2.24) is 5.32 Å². The molecular formula is C9H23N3. The van der Waals surface area contributed by atoms with E-state index in [4.69, 9.17) is 11.0 Å². The number of hydrogen-bond donors (Lipinski definition) is 2. The van der Waals surface area contributed by atoms with E-state index in [1.807, 2.05) is 33.8 Å². The molecule has 0 aliphatic heterocycles. The smallest absolute Gasteiger partial charge is 0.0635 e. The highest BCUT2D eigenvalue weighted by Crippen LogP contribution is 1.66. The van der Waals surface area contributed by atoms with Gasteiger partial charge in [0.2, 0.25) is 0 Å². The summed E-state index contributed by atoms with van der Waals surface area (Å²) >= 11 is 0. The molecule has 0 spiro atoms. The second kappa shape index (κ2) is 31.5. The summed E-state index contributed by atoms with van der Waals surface area (Å²) in [6, 6.07) is 2.02. The number of hydrogen-bond acceptors (Lipinski definition) is 3. The van der Waals surface area contributed by atoms with Gasteiger partial charge in [0.05, 0.1) is 6.07 Å². The van der Waals surface area contributed by atoms with E-state index >= 15 is 0 Å². The first-order chi connectivity index (χ1) is 5.91. The van der Waals surface area contributed by atoms with Gasteiger partial charge in [-0.25, -0.2) is 0 Å². The topological polar surface area (TPSA) is 61.8 Å². The summed E-state index contributed by atoms with van der Waals surface area (Å²) in [5, 5.41) is 11.0. The highest BCUT2D eigenvalue weighted by molar-refractivity contribution is 4.69. The fourth-order valence-corrected chi connectivity index (χ4v) is 0.371. The number of nitrogens with one attached hydrogen (secondary N) is 1. The highest BCUT2D eigenvalue weighted by Gasteiger charge is 1.80. The zero-order valence-electron chi connectivity index (χ0n) is 8.85. The molecule has 0 atom stereocenters. The van der Waals surface area contributed by atoms with E-state index in [1.54, 1.807) is 0 Å². The first kappa shape index (κ1) is 17.5. The SMILES string of the molecule is CC.CC.N#CCCNCCN. The Morgan fingerprint density at radius 3 is 2.00 bits per heavy atom. The normalized spacial score (nSPS) is 6.67. The van der Waals surface area contributed by atoms with Gasteiger partial charge in [0.15, 0.2) is 0 Å². The molecule has 0 unspecified atom stereocenters. The lowest BCUT2D eigenvalue weighted by molar-refractivity contribution is 0.700. The van der Waals surface area contributed by atoms with E-state index in [0.717, 1.165) is 13.1 Å². The number of rotatable bonds is 4. The minimum atomic E-state index is 0.569. The molecule has 3 nitrogen and oxygen atoms in total. The maximum absolute atomic E-state index is 8.04. The fraction of sp³-hybridized carbons (Fsp3) is 0.889. The van der Waals surface area contributed by atoms with Crippen LogP contribution in [0.25, 0.3) is 0 Å². The molecule has 0 saturated carbocycles. The minimum absolute atomic E-state index is 0.569. The predicted molar refractivity (Wildman–Crippen MR) is 54.9 cm³/mol. The lowest BCUT2D eigenvalue weighted by Gasteiger charge is -1.94. The van der Waals surface area contributed by atoms with E-state index in [1.165, 1.54) is 0 Å². The average molecular weight is 173 g/mol. The molecule has 0 fully saturated rings. The summed E-state index contributed by atoms with van der Waals surface area (Å²) in [6.45, 7) is 10.2. The minimum Gasteiger partial charge on any atom is -0.329 e. The Balaban J connectivity index is -0.000000175. The van der Waals surface area contributed by atoms with Crippen LogP contribution in [-0.2, 0) is 0 Å². The van der Waals surface area contributed by atoms with Gasteiger partial charge >= 0.3 is 0 Å². The molecule has 0 aromatic carbocycles. The third-order valence-corrected chi connectivity index (χ3v) is 0.735. The van der Waals surface area contributed by atoms with Gasteiger partial charge in [0.25, 0.3) is 0 Å². The molecule has 0 aliphatic rings. The highest BCUT2D eigenvalue weighted by atomic mass is 14.9. The number of nitrogens with zero attached hydrogens (tertiary/aromatic N) is 1. The number of nitriles is 1. The van der Waals surface area contributed by atoms with Crippen LogP contribution in [0.2, 0.25) is 0 Å². The van der Waals surface area contributed by atoms with Crippen molar-refractivity contribution in [3.8, 4) is 6.07 Å². The maximum Gasteiger partial charge on any atom is 0.0635 e. The first-order valence-corrected chi connectivity index (χ1v) is 4.69. The second-order valence-electron chi connectivity index (χ2n) is 1.45. The quantitative estimate of drug-likeness (QED) is 0.633. The molecule has 3 N–H and O–H groups in total. The van der Waals surface area contributed by atoms with Crippen LogP contribution in [-0.4, -0.2) is 19.6 Å². The third kappa shape index (κ3) is 34.2. The van der Waals surface area contributed by atoms with Gasteiger partial charge in [-0.1, -0.05) is 27.7 Å². The van der Waals surface area contributed by atoms with Gasteiger partial charge in [-0.15, -0.1) is 0 Å². The van der Waals surface area contributed by atoms with Crippen LogP contribution in [0.15, 0.2) is 0 Å². The standard InChI is InChI=1S/C5H11N3.2C2H6/c6-2-1-4-8-5-3-7;2*1-2/h8H,1,3-5,7H2;2*1-2H3. The van der Waals surface area contributed by atoms with Crippen molar-refractivity contribution < 1.29 is 0 Å². The van der Waals surface area contributed by atoms with E-state index in [9.17, 15) is 0 Å². The molecule has 12 heavy (non-hydrogen) atoms. The van der Waals surface area contributed by atoms with Crippen LogP contribution < -0.4 is 11.1 Å². The molecule has 0 bridgehead atoms. The Kier molecular flexibility index (Phi) is 45.9. The van der Waals surface area contributed by atoms with Crippen molar-refractivity contribution in [2.24, 2.45) is 5.73 Å². The molecule has 0 aromatic rings. The Morgan fingerprint density at radius 1 is 1.17 bits per heavy atom.